The molecule has 2 rings (SSSR count). The van der Waals surface area contributed by atoms with E-state index in [4.69, 9.17) is 0 Å². The first-order chi connectivity index (χ1) is 9.49. The standard InChI is InChI=1S/C15H20Br2N2O.2ClH/c1-10(2)7-13(19-5-3-18-4-6-19)15-12(17)8-11(16)9-14(15)20;;/h8-9,13,18,20H,1,3-7H2,2H3;2*1H/t13-;;/m1../s1. The minimum Gasteiger partial charge on any atom is -0.508 e. The van der Waals surface area contributed by atoms with Gasteiger partial charge in [0.1, 0.15) is 5.75 Å². The third-order valence-electron chi connectivity index (χ3n) is 3.54. The molecule has 3 nitrogen and oxygen atoms in total. The van der Waals surface area contributed by atoms with Crippen LogP contribution in [0.25, 0.3) is 0 Å². The van der Waals surface area contributed by atoms with Crippen LogP contribution in [0.2, 0.25) is 0 Å². The van der Waals surface area contributed by atoms with Crippen LogP contribution in [0, 0.1) is 0 Å². The Labute approximate surface area is 161 Å². The van der Waals surface area contributed by atoms with Crippen LogP contribution in [0.5, 0.6) is 5.75 Å². The third-order valence-corrected chi connectivity index (χ3v) is 4.65. The lowest BCUT2D eigenvalue weighted by atomic mass is 9.97. The van der Waals surface area contributed by atoms with Gasteiger partial charge in [0.2, 0.25) is 0 Å². The maximum absolute atomic E-state index is 10.4. The molecule has 1 atom stereocenters. The second-order valence-corrected chi connectivity index (χ2v) is 7.05. The normalized spacial score (nSPS) is 16.3. The smallest absolute Gasteiger partial charge is 0.122 e. The molecule has 2 N–H and O–H groups in total. The van der Waals surface area contributed by atoms with Crippen LogP contribution in [0.3, 0.4) is 0 Å². The van der Waals surface area contributed by atoms with E-state index in [0.717, 1.165) is 52.7 Å². The number of piperazine rings is 1. The van der Waals surface area contributed by atoms with Crippen LogP contribution in [-0.4, -0.2) is 36.2 Å². The minimum atomic E-state index is 0. The van der Waals surface area contributed by atoms with Gasteiger partial charge in [0.15, 0.2) is 0 Å². The van der Waals surface area contributed by atoms with Crippen LogP contribution in [0.4, 0.5) is 0 Å². The fraction of sp³-hybridized carbons (Fsp3) is 0.467. The summed E-state index contributed by atoms with van der Waals surface area (Å²) >= 11 is 7.01. The molecule has 0 amide bonds. The molecule has 126 valence electrons. The molecule has 1 aliphatic rings. The molecule has 0 spiro atoms. The highest BCUT2D eigenvalue weighted by atomic mass is 79.9. The summed E-state index contributed by atoms with van der Waals surface area (Å²) in [5.74, 6) is 0.330. The molecule has 0 bridgehead atoms. The molecule has 0 unspecified atom stereocenters. The molecular weight excluding hydrogens is 455 g/mol. The Hall–Kier alpha value is 0.220. The van der Waals surface area contributed by atoms with Crippen LogP contribution >= 0.6 is 56.7 Å². The van der Waals surface area contributed by atoms with Crippen molar-refractivity contribution in [3.05, 3.63) is 38.8 Å². The number of nitrogens with one attached hydrogen (secondary N) is 1. The van der Waals surface area contributed by atoms with E-state index in [-0.39, 0.29) is 30.9 Å². The summed E-state index contributed by atoms with van der Waals surface area (Å²) in [5.41, 5.74) is 2.08. The van der Waals surface area contributed by atoms with Crippen molar-refractivity contribution in [2.45, 2.75) is 19.4 Å². The van der Waals surface area contributed by atoms with Gasteiger partial charge in [0.05, 0.1) is 0 Å². The Balaban J connectivity index is 0.00000220. The highest BCUT2D eigenvalue weighted by molar-refractivity contribution is 9.11. The lowest BCUT2D eigenvalue weighted by Crippen LogP contribution is -2.45. The maximum Gasteiger partial charge on any atom is 0.122 e. The topological polar surface area (TPSA) is 35.5 Å². The third kappa shape index (κ3) is 5.69. The fourth-order valence-electron chi connectivity index (χ4n) is 2.64. The van der Waals surface area contributed by atoms with Gasteiger partial charge in [-0.05, 0) is 25.5 Å². The number of rotatable bonds is 4. The van der Waals surface area contributed by atoms with Crippen LogP contribution in [0.1, 0.15) is 24.9 Å². The van der Waals surface area contributed by atoms with Crippen LogP contribution < -0.4 is 5.32 Å². The van der Waals surface area contributed by atoms with E-state index in [9.17, 15) is 5.11 Å². The molecule has 1 fully saturated rings. The maximum atomic E-state index is 10.4. The highest BCUT2D eigenvalue weighted by Crippen LogP contribution is 2.40. The van der Waals surface area contributed by atoms with Crippen molar-refractivity contribution in [1.29, 1.82) is 0 Å². The summed E-state index contributed by atoms with van der Waals surface area (Å²) in [4.78, 5) is 2.42. The predicted molar refractivity (Wildman–Crippen MR) is 105 cm³/mol. The molecule has 0 saturated carbocycles. The van der Waals surface area contributed by atoms with E-state index >= 15 is 0 Å². The number of hydrogen-bond acceptors (Lipinski definition) is 3. The van der Waals surface area contributed by atoms with Gasteiger partial charge >= 0.3 is 0 Å². The van der Waals surface area contributed by atoms with Crippen LogP contribution in [0.15, 0.2) is 33.2 Å². The van der Waals surface area contributed by atoms with Crippen molar-refractivity contribution in [3.8, 4) is 5.75 Å². The first kappa shape index (κ1) is 22.2. The van der Waals surface area contributed by atoms with Gasteiger partial charge in [-0.25, -0.2) is 0 Å². The number of phenols is 1. The van der Waals surface area contributed by atoms with Crippen molar-refractivity contribution < 1.29 is 5.11 Å². The first-order valence-electron chi connectivity index (χ1n) is 6.76. The molecule has 7 heteroatoms. The molecule has 1 aliphatic heterocycles. The van der Waals surface area contributed by atoms with Crippen molar-refractivity contribution in [1.82, 2.24) is 10.2 Å². The zero-order valence-corrected chi connectivity index (χ0v) is 17.2. The van der Waals surface area contributed by atoms with E-state index in [1.165, 1.54) is 0 Å². The summed E-state index contributed by atoms with van der Waals surface area (Å²) < 4.78 is 1.81. The molecular formula is C15H22Br2Cl2N2O. The van der Waals surface area contributed by atoms with Gasteiger partial charge in [0.25, 0.3) is 0 Å². The summed E-state index contributed by atoms with van der Waals surface area (Å²) in [5, 5.41) is 13.7. The molecule has 1 aromatic carbocycles. The van der Waals surface area contributed by atoms with E-state index in [2.05, 4.69) is 48.7 Å². The minimum absolute atomic E-state index is 0. The number of phenolic OH excluding ortho intramolecular Hbond substituents is 1. The van der Waals surface area contributed by atoms with E-state index < -0.39 is 0 Å². The lowest BCUT2D eigenvalue weighted by molar-refractivity contribution is 0.169. The van der Waals surface area contributed by atoms with Crippen molar-refractivity contribution in [2.75, 3.05) is 26.2 Å². The Morgan fingerprint density at radius 2 is 1.91 bits per heavy atom. The molecule has 1 saturated heterocycles. The summed E-state index contributed by atoms with van der Waals surface area (Å²) in [6.45, 7) is 10.0. The predicted octanol–water partition coefficient (Wildman–Crippen LogP) is 4.67. The van der Waals surface area contributed by atoms with Gasteiger partial charge in [-0.2, -0.15) is 0 Å². The van der Waals surface area contributed by atoms with Crippen molar-refractivity contribution >= 4 is 56.7 Å². The quantitative estimate of drug-likeness (QED) is 0.620. The Morgan fingerprint density at radius 3 is 2.41 bits per heavy atom. The van der Waals surface area contributed by atoms with E-state index in [1.807, 2.05) is 13.0 Å². The molecule has 0 radical (unpaired) electrons. The fourth-order valence-corrected chi connectivity index (χ4v) is 4.11. The summed E-state index contributed by atoms with van der Waals surface area (Å²) in [7, 11) is 0. The number of benzene rings is 1. The number of hydrogen-bond donors (Lipinski definition) is 2. The van der Waals surface area contributed by atoms with Gasteiger partial charge in [-0.15, -0.1) is 31.4 Å². The zero-order chi connectivity index (χ0) is 14.7. The van der Waals surface area contributed by atoms with E-state index in [1.54, 1.807) is 6.07 Å². The monoisotopic (exact) mass is 474 g/mol. The largest absolute Gasteiger partial charge is 0.508 e. The lowest BCUT2D eigenvalue weighted by Gasteiger charge is -2.36. The Kier molecular flexibility index (Phi) is 10.3. The average Bonchev–Trinajstić information content (AvgIpc) is 2.37. The Bertz CT molecular complexity index is 485. The van der Waals surface area contributed by atoms with Gasteiger partial charge < -0.3 is 10.4 Å². The van der Waals surface area contributed by atoms with Crippen LogP contribution in [-0.2, 0) is 0 Å². The SMILES string of the molecule is C=C(C)C[C@H](c1c(O)cc(Br)cc1Br)N1CCNCC1.Cl.Cl. The molecule has 0 aromatic heterocycles. The molecule has 0 aliphatic carbocycles. The van der Waals surface area contributed by atoms with Gasteiger partial charge in [-0.3, -0.25) is 4.90 Å². The molecule has 1 aromatic rings. The molecule has 1 heterocycles. The number of nitrogens with zero attached hydrogens (tertiary/aromatic N) is 1. The van der Waals surface area contributed by atoms with Gasteiger partial charge in [-0.1, -0.05) is 37.4 Å². The number of aromatic hydroxyl groups is 1. The van der Waals surface area contributed by atoms with E-state index in [0.29, 0.717) is 5.75 Å². The van der Waals surface area contributed by atoms with Crippen molar-refractivity contribution in [3.63, 3.8) is 0 Å². The van der Waals surface area contributed by atoms with Crippen molar-refractivity contribution in [2.24, 2.45) is 0 Å². The number of halogens is 4. The second kappa shape index (κ2) is 10.2. The first-order valence-corrected chi connectivity index (χ1v) is 8.34. The summed E-state index contributed by atoms with van der Waals surface area (Å²) in [6.07, 6.45) is 0.855. The Morgan fingerprint density at radius 1 is 1.32 bits per heavy atom. The van der Waals surface area contributed by atoms with Gasteiger partial charge in [0, 0.05) is 46.7 Å². The highest BCUT2D eigenvalue weighted by Gasteiger charge is 2.26. The zero-order valence-electron chi connectivity index (χ0n) is 12.4. The average molecular weight is 477 g/mol. The summed E-state index contributed by atoms with van der Waals surface area (Å²) in [6, 6.07) is 3.91. The second-order valence-electron chi connectivity index (χ2n) is 5.28. The molecule has 22 heavy (non-hydrogen) atoms.